The highest BCUT2D eigenvalue weighted by molar-refractivity contribution is 6.61. The number of rotatable bonds is 7. The maximum Gasteiger partial charge on any atom is 0.218 e. The van der Waals surface area contributed by atoms with E-state index in [0.717, 1.165) is 0 Å². The molecule has 0 atom stereocenters. The van der Waals surface area contributed by atoms with Gasteiger partial charge in [0.25, 0.3) is 0 Å². The van der Waals surface area contributed by atoms with Crippen molar-refractivity contribution in [2.45, 2.75) is 86.5 Å². The fourth-order valence-corrected chi connectivity index (χ4v) is 6.57. The van der Waals surface area contributed by atoms with Crippen molar-refractivity contribution in [1.29, 1.82) is 0 Å². The van der Waals surface area contributed by atoms with Gasteiger partial charge in [0.2, 0.25) is 9.12 Å². The smallest absolute Gasteiger partial charge is 0.218 e. The van der Waals surface area contributed by atoms with Gasteiger partial charge >= 0.3 is 0 Å². The van der Waals surface area contributed by atoms with E-state index in [1.54, 1.807) is 0 Å². The minimum Gasteiger partial charge on any atom is -0.306 e. The fraction of sp³-hybridized carbons (Fsp3) is 0.867. The van der Waals surface area contributed by atoms with E-state index in [-0.39, 0.29) is 0 Å². The first-order chi connectivity index (χ1) is 8.11. The number of hydrogen-bond acceptors (Lipinski definition) is 2. The molecular weight excluding hydrogens is 236 g/mol. The summed E-state index contributed by atoms with van der Waals surface area (Å²) in [6.45, 7) is 25.0. The molecule has 2 nitrogen and oxygen atoms in total. The zero-order chi connectivity index (χ0) is 14.6. The molecule has 0 spiro atoms. The van der Waals surface area contributed by atoms with Crippen LogP contribution in [0.4, 0.5) is 0 Å². The highest BCUT2D eigenvalue weighted by atomic mass is 28.3. The quantitative estimate of drug-likeness (QED) is 0.653. The summed E-state index contributed by atoms with van der Waals surface area (Å²) in [6.07, 6.45) is 0. The summed E-state index contributed by atoms with van der Waals surface area (Å²) in [4.78, 5) is 0. The molecule has 18 heavy (non-hydrogen) atoms. The van der Waals surface area contributed by atoms with E-state index in [1.807, 2.05) is 0 Å². The molecule has 0 unspecified atom stereocenters. The van der Waals surface area contributed by atoms with Gasteiger partial charge in [0.05, 0.1) is 0 Å². The summed E-state index contributed by atoms with van der Waals surface area (Å²) in [5.74, 6) is 0. The third-order valence-corrected chi connectivity index (χ3v) is 7.79. The molecule has 0 aromatic rings. The van der Waals surface area contributed by atoms with Crippen molar-refractivity contribution in [3.8, 4) is 0 Å². The van der Waals surface area contributed by atoms with E-state index in [4.69, 9.17) is 0 Å². The van der Waals surface area contributed by atoms with Crippen LogP contribution in [0.3, 0.4) is 0 Å². The van der Waals surface area contributed by atoms with Crippen molar-refractivity contribution in [2.75, 3.05) is 0 Å². The molecule has 0 amide bonds. The van der Waals surface area contributed by atoms with E-state index in [1.165, 1.54) is 5.20 Å². The van der Waals surface area contributed by atoms with Crippen LogP contribution in [0.5, 0.6) is 0 Å². The molecule has 0 aromatic heterocycles. The van der Waals surface area contributed by atoms with Crippen molar-refractivity contribution < 1.29 is 0 Å². The monoisotopic (exact) mass is 270 g/mol. The van der Waals surface area contributed by atoms with Crippen LogP contribution in [0.15, 0.2) is 11.8 Å². The highest BCUT2D eigenvalue weighted by Crippen LogP contribution is 2.20. The van der Waals surface area contributed by atoms with Crippen LogP contribution in [-0.4, -0.2) is 42.4 Å². The molecule has 0 saturated carbocycles. The van der Waals surface area contributed by atoms with E-state index in [2.05, 4.69) is 78.0 Å². The van der Waals surface area contributed by atoms with Gasteiger partial charge in [0.15, 0.2) is 0 Å². The molecule has 0 heterocycles. The van der Waals surface area contributed by atoms with E-state index >= 15 is 0 Å². The molecule has 0 aliphatic heterocycles. The van der Waals surface area contributed by atoms with Gasteiger partial charge in [-0.05, 0) is 31.1 Å². The van der Waals surface area contributed by atoms with Gasteiger partial charge in [-0.15, -0.1) is 6.58 Å². The van der Waals surface area contributed by atoms with Gasteiger partial charge in [0.1, 0.15) is 0 Å². The third-order valence-electron chi connectivity index (χ3n) is 3.39. The second-order valence-corrected chi connectivity index (χ2v) is 9.41. The average Bonchev–Trinajstić information content (AvgIpc) is 2.13. The standard InChI is InChI=1S/C15H34N2Si/c1-11(2)16(12(3)4)18(15(9)10)17(13(5)6)14(7)8/h11-14,18H,9H2,1-8,10H3. The Bertz CT molecular complexity index is 223. The van der Waals surface area contributed by atoms with Crippen molar-refractivity contribution in [1.82, 2.24) is 9.13 Å². The molecule has 108 valence electrons. The van der Waals surface area contributed by atoms with Gasteiger partial charge in [-0.25, -0.2) is 0 Å². The fourth-order valence-electron chi connectivity index (χ4n) is 2.99. The van der Waals surface area contributed by atoms with Crippen molar-refractivity contribution >= 4 is 9.12 Å². The van der Waals surface area contributed by atoms with Crippen LogP contribution in [0, 0.1) is 0 Å². The minimum absolute atomic E-state index is 0.582. The first kappa shape index (κ1) is 17.9. The van der Waals surface area contributed by atoms with Gasteiger partial charge < -0.3 is 9.13 Å². The van der Waals surface area contributed by atoms with Crippen LogP contribution in [0.1, 0.15) is 62.3 Å². The zero-order valence-corrected chi connectivity index (χ0v) is 15.1. The summed E-state index contributed by atoms with van der Waals surface area (Å²) in [7, 11) is -1.30. The Morgan fingerprint density at radius 1 is 0.722 bits per heavy atom. The van der Waals surface area contributed by atoms with Crippen LogP contribution < -0.4 is 0 Å². The van der Waals surface area contributed by atoms with Crippen LogP contribution in [0.25, 0.3) is 0 Å². The lowest BCUT2D eigenvalue weighted by Gasteiger charge is -2.47. The molecule has 0 aliphatic carbocycles. The molecule has 0 N–H and O–H groups in total. The molecular formula is C15H34N2Si. The lowest BCUT2D eigenvalue weighted by molar-refractivity contribution is 0.226. The van der Waals surface area contributed by atoms with Gasteiger partial charge in [-0.3, -0.25) is 0 Å². The molecule has 0 radical (unpaired) electrons. The Hall–Kier alpha value is -0.123. The SMILES string of the molecule is C=C(C)[SiH](N(C(C)C)C(C)C)N(C(C)C)C(C)C. The Morgan fingerprint density at radius 2 is 0.944 bits per heavy atom. The Labute approximate surface area is 117 Å². The zero-order valence-electron chi connectivity index (χ0n) is 14.0. The van der Waals surface area contributed by atoms with Gasteiger partial charge in [-0.1, -0.05) is 60.6 Å². The predicted molar refractivity (Wildman–Crippen MR) is 86.2 cm³/mol. The van der Waals surface area contributed by atoms with Crippen LogP contribution >= 0.6 is 0 Å². The first-order valence-electron chi connectivity index (χ1n) is 7.31. The topological polar surface area (TPSA) is 6.48 Å². The second kappa shape index (κ2) is 7.46. The van der Waals surface area contributed by atoms with Crippen molar-refractivity contribution in [3.63, 3.8) is 0 Å². The summed E-state index contributed by atoms with van der Waals surface area (Å²) in [5.41, 5.74) is 0. The lowest BCUT2D eigenvalue weighted by Crippen LogP contribution is -2.62. The molecule has 3 heteroatoms. The van der Waals surface area contributed by atoms with Crippen molar-refractivity contribution in [2.24, 2.45) is 0 Å². The Morgan fingerprint density at radius 3 is 1.06 bits per heavy atom. The first-order valence-corrected chi connectivity index (χ1v) is 8.92. The Balaban J connectivity index is 5.44. The molecule has 0 bridgehead atoms. The molecule has 0 aliphatic rings. The summed E-state index contributed by atoms with van der Waals surface area (Å²) >= 11 is 0. The van der Waals surface area contributed by atoms with Crippen LogP contribution in [-0.2, 0) is 0 Å². The predicted octanol–water partition coefficient (Wildman–Crippen LogP) is 3.56. The van der Waals surface area contributed by atoms with E-state index in [9.17, 15) is 0 Å². The van der Waals surface area contributed by atoms with E-state index < -0.39 is 9.12 Å². The summed E-state index contributed by atoms with van der Waals surface area (Å²) in [5, 5.41) is 1.37. The number of allylic oxidation sites excluding steroid dienone is 1. The second-order valence-electron chi connectivity index (χ2n) is 6.49. The van der Waals surface area contributed by atoms with Gasteiger partial charge in [-0.2, -0.15) is 0 Å². The van der Waals surface area contributed by atoms with Crippen LogP contribution in [0.2, 0.25) is 0 Å². The number of hydrogen-bond donors (Lipinski definition) is 0. The number of nitrogens with zero attached hydrogens (tertiary/aromatic N) is 2. The van der Waals surface area contributed by atoms with E-state index in [0.29, 0.717) is 24.2 Å². The molecule has 0 fully saturated rings. The average molecular weight is 271 g/mol. The molecule has 0 aromatic carbocycles. The Kier molecular flexibility index (Phi) is 7.41. The maximum absolute atomic E-state index is 4.31. The third kappa shape index (κ3) is 4.52. The summed E-state index contributed by atoms with van der Waals surface area (Å²) < 4.78 is 5.39. The lowest BCUT2D eigenvalue weighted by atomic mass is 10.3. The largest absolute Gasteiger partial charge is 0.306 e. The summed E-state index contributed by atoms with van der Waals surface area (Å²) in [6, 6.07) is 2.33. The minimum atomic E-state index is -1.30. The normalized spacial score (nSPS) is 13.1. The van der Waals surface area contributed by atoms with Gasteiger partial charge in [0, 0.05) is 0 Å². The molecule has 0 rings (SSSR count). The van der Waals surface area contributed by atoms with Crippen molar-refractivity contribution in [3.05, 3.63) is 11.8 Å². The maximum atomic E-state index is 4.31. The highest BCUT2D eigenvalue weighted by Gasteiger charge is 2.34. The molecule has 0 saturated heterocycles.